The zero-order valence-electron chi connectivity index (χ0n) is 8.50. The number of hydrogen-bond acceptors (Lipinski definition) is 3. The highest BCUT2D eigenvalue weighted by molar-refractivity contribution is 7.98. The Morgan fingerprint density at radius 2 is 2.15 bits per heavy atom. The van der Waals surface area contributed by atoms with Crippen LogP contribution in [0.15, 0.2) is 17.2 Å². The van der Waals surface area contributed by atoms with E-state index in [0.717, 1.165) is 0 Å². The summed E-state index contributed by atoms with van der Waals surface area (Å²) < 4.78 is 5.47. The number of nitrogens with zero attached hydrogens (tertiary/aromatic N) is 1. The predicted octanol–water partition coefficient (Wildman–Crippen LogP) is 2.90. The van der Waals surface area contributed by atoms with Crippen LogP contribution in [0.5, 0.6) is 5.88 Å². The molecule has 1 aromatic rings. The van der Waals surface area contributed by atoms with Crippen molar-refractivity contribution in [2.24, 2.45) is 0 Å². The lowest BCUT2D eigenvalue weighted by Crippen LogP contribution is -2.06. The smallest absolute Gasteiger partial charge is 0.213 e. The molecule has 1 rings (SSSR count). The molecule has 0 bridgehead atoms. The molecule has 0 atom stereocenters. The molecule has 0 aliphatic carbocycles. The highest BCUT2D eigenvalue weighted by atomic mass is 32.2. The van der Waals surface area contributed by atoms with E-state index in [-0.39, 0.29) is 6.10 Å². The number of ether oxygens (including phenoxy) is 1. The molecule has 0 spiro atoms. The minimum absolute atomic E-state index is 0.187. The Bertz CT molecular complexity index is 286. The average molecular weight is 197 g/mol. The zero-order valence-corrected chi connectivity index (χ0v) is 9.31. The van der Waals surface area contributed by atoms with Crippen LogP contribution in [0.1, 0.15) is 19.4 Å². The SMILES string of the molecule is CSc1cnc(OC(C)C)cc1C. The van der Waals surface area contributed by atoms with Gasteiger partial charge in [-0.25, -0.2) is 4.98 Å². The van der Waals surface area contributed by atoms with E-state index in [9.17, 15) is 0 Å². The Hall–Kier alpha value is -0.700. The van der Waals surface area contributed by atoms with Crippen molar-refractivity contribution in [2.45, 2.75) is 31.8 Å². The first-order valence-corrected chi connectivity index (χ1v) is 5.53. The summed E-state index contributed by atoms with van der Waals surface area (Å²) in [4.78, 5) is 5.41. The van der Waals surface area contributed by atoms with Crippen LogP contribution in [0.2, 0.25) is 0 Å². The van der Waals surface area contributed by atoms with Gasteiger partial charge in [0.2, 0.25) is 5.88 Å². The molecule has 3 heteroatoms. The molecule has 0 N–H and O–H groups in total. The molecule has 2 nitrogen and oxygen atoms in total. The maximum Gasteiger partial charge on any atom is 0.213 e. The molecule has 0 amide bonds. The molecule has 72 valence electrons. The number of thioether (sulfide) groups is 1. The van der Waals surface area contributed by atoms with Gasteiger partial charge in [0.15, 0.2) is 0 Å². The van der Waals surface area contributed by atoms with Gasteiger partial charge in [0.1, 0.15) is 0 Å². The van der Waals surface area contributed by atoms with Crippen molar-refractivity contribution in [1.82, 2.24) is 4.98 Å². The first-order valence-electron chi connectivity index (χ1n) is 4.30. The van der Waals surface area contributed by atoms with Crippen molar-refractivity contribution in [1.29, 1.82) is 0 Å². The number of aromatic nitrogens is 1. The molecule has 0 aromatic carbocycles. The maximum atomic E-state index is 5.47. The fraction of sp³-hybridized carbons (Fsp3) is 0.500. The van der Waals surface area contributed by atoms with Crippen molar-refractivity contribution in [2.75, 3.05) is 6.26 Å². The molecule has 1 heterocycles. The van der Waals surface area contributed by atoms with E-state index in [0.29, 0.717) is 5.88 Å². The molecule has 0 aliphatic heterocycles. The molecule has 0 saturated heterocycles. The van der Waals surface area contributed by atoms with Crippen LogP contribution in [-0.4, -0.2) is 17.3 Å². The van der Waals surface area contributed by atoms with E-state index in [4.69, 9.17) is 4.74 Å². The lowest BCUT2D eigenvalue weighted by molar-refractivity contribution is 0.232. The van der Waals surface area contributed by atoms with Crippen molar-refractivity contribution >= 4 is 11.8 Å². The van der Waals surface area contributed by atoms with Crippen LogP contribution in [0.4, 0.5) is 0 Å². The summed E-state index contributed by atoms with van der Waals surface area (Å²) in [5.74, 6) is 0.713. The van der Waals surface area contributed by atoms with Crippen molar-refractivity contribution < 1.29 is 4.74 Å². The molecular weight excluding hydrogens is 182 g/mol. The normalized spacial score (nSPS) is 10.5. The van der Waals surface area contributed by atoms with Crippen LogP contribution in [0.25, 0.3) is 0 Å². The second-order valence-electron chi connectivity index (χ2n) is 3.16. The van der Waals surface area contributed by atoms with Crippen molar-refractivity contribution in [3.63, 3.8) is 0 Å². The second kappa shape index (κ2) is 4.51. The largest absolute Gasteiger partial charge is 0.475 e. The first-order chi connectivity index (χ1) is 6.13. The van der Waals surface area contributed by atoms with Gasteiger partial charge in [-0.05, 0) is 32.6 Å². The maximum absolute atomic E-state index is 5.47. The molecule has 0 fully saturated rings. The summed E-state index contributed by atoms with van der Waals surface area (Å²) in [7, 11) is 0. The Kier molecular flexibility index (Phi) is 3.60. The van der Waals surface area contributed by atoms with Crippen LogP contribution >= 0.6 is 11.8 Å². The average Bonchev–Trinajstić information content (AvgIpc) is 2.03. The standard InChI is InChI=1S/C10H15NOS/c1-7(2)12-10-5-8(3)9(13-4)6-11-10/h5-7H,1-4H3. The highest BCUT2D eigenvalue weighted by Crippen LogP contribution is 2.21. The third-order valence-corrected chi connectivity index (χ3v) is 2.48. The van der Waals surface area contributed by atoms with E-state index >= 15 is 0 Å². The van der Waals surface area contributed by atoms with Gasteiger partial charge in [-0.1, -0.05) is 0 Å². The number of hydrogen-bond donors (Lipinski definition) is 0. The third-order valence-electron chi connectivity index (χ3n) is 1.61. The summed E-state index contributed by atoms with van der Waals surface area (Å²) in [5.41, 5.74) is 1.22. The Labute approximate surface area is 83.7 Å². The van der Waals surface area contributed by atoms with E-state index in [1.54, 1.807) is 11.8 Å². The molecule has 0 saturated carbocycles. The molecule has 13 heavy (non-hydrogen) atoms. The van der Waals surface area contributed by atoms with Crippen LogP contribution < -0.4 is 4.74 Å². The Morgan fingerprint density at radius 3 is 2.62 bits per heavy atom. The lowest BCUT2D eigenvalue weighted by Gasteiger charge is -2.10. The van der Waals surface area contributed by atoms with Gasteiger partial charge in [-0.15, -0.1) is 11.8 Å². The van der Waals surface area contributed by atoms with Crippen LogP contribution in [0, 0.1) is 6.92 Å². The number of pyridine rings is 1. The van der Waals surface area contributed by atoms with Crippen molar-refractivity contribution in [3.8, 4) is 5.88 Å². The second-order valence-corrected chi connectivity index (χ2v) is 4.01. The van der Waals surface area contributed by atoms with E-state index < -0.39 is 0 Å². The zero-order chi connectivity index (χ0) is 9.84. The van der Waals surface area contributed by atoms with Crippen LogP contribution in [-0.2, 0) is 0 Å². The third kappa shape index (κ3) is 2.92. The molecule has 0 radical (unpaired) electrons. The van der Waals surface area contributed by atoms with Gasteiger partial charge < -0.3 is 4.74 Å². The molecule has 0 unspecified atom stereocenters. The summed E-state index contributed by atoms with van der Waals surface area (Å²) in [6.45, 7) is 6.07. The lowest BCUT2D eigenvalue weighted by atomic mass is 10.3. The first kappa shape index (κ1) is 10.4. The minimum atomic E-state index is 0.187. The van der Waals surface area contributed by atoms with Gasteiger partial charge >= 0.3 is 0 Å². The van der Waals surface area contributed by atoms with Gasteiger partial charge in [0, 0.05) is 17.2 Å². The van der Waals surface area contributed by atoms with Gasteiger partial charge in [0.05, 0.1) is 6.10 Å². The van der Waals surface area contributed by atoms with Crippen molar-refractivity contribution in [3.05, 3.63) is 17.8 Å². The fourth-order valence-corrected chi connectivity index (χ4v) is 1.58. The van der Waals surface area contributed by atoms with E-state index in [1.165, 1.54) is 10.5 Å². The van der Waals surface area contributed by atoms with E-state index in [2.05, 4.69) is 11.9 Å². The molecule has 0 aliphatic rings. The molecular formula is C10H15NOS. The minimum Gasteiger partial charge on any atom is -0.475 e. The number of rotatable bonds is 3. The summed E-state index contributed by atoms with van der Waals surface area (Å²) >= 11 is 1.70. The van der Waals surface area contributed by atoms with Crippen LogP contribution in [0.3, 0.4) is 0 Å². The summed E-state index contributed by atoms with van der Waals surface area (Å²) in [6.07, 6.45) is 4.09. The summed E-state index contributed by atoms with van der Waals surface area (Å²) in [5, 5.41) is 0. The van der Waals surface area contributed by atoms with Gasteiger partial charge in [0.25, 0.3) is 0 Å². The summed E-state index contributed by atoms with van der Waals surface area (Å²) in [6, 6.07) is 1.98. The van der Waals surface area contributed by atoms with Gasteiger partial charge in [-0.3, -0.25) is 0 Å². The monoisotopic (exact) mass is 197 g/mol. The highest BCUT2D eigenvalue weighted by Gasteiger charge is 2.02. The number of aryl methyl sites for hydroxylation is 1. The van der Waals surface area contributed by atoms with E-state index in [1.807, 2.05) is 32.4 Å². The van der Waals surface area contributed by atoms with Gasteiger partial charge in [-0.2, -0.15) is 0 Å². The Morgan fingerprint density at radius 1 is 1.46 bits per heavy atom. The predicted molar refractivity (Wildman–Crippen MR) is 56.5 cm³/mol. The fourth-order valence-electron chi connectivity index (χ4n) is 1.04. The quantitative estimate of drug-likeness (QED) is 0.696. The molecule has 1 aromatic heterocycles. The topological polar surface area (TPSA) is 22.1 Å². The Balaban J connectivity index is 2.83.